The number of nitrogens with zero attached hydrogens (tertiary/aromatic N) is 1. The van der Waals surface area contributed by atoms with Gasteiger partial charge in [-0.05, 0) is 48.1 Å². The first-order chi connectivity index (χ1) is 18.2. The zero-order valence-corrected chi connectivity index (χ0v) is 22.0. The van der Waals surface area contributed by atoms with E-state index in [1.165, 1.54) is 32.4 Å². The highest BCUT2D eigenvalue weighted by molar-refractivity contribution is 7.89. The predicted octanol–water partition coefficient (Wildman–Crippen LogP) is 3.02. The van der Waals surface area contributed by atoms with Crippen molar-refractivity contribution in [2.75, 3.05) is 14.2 Å². The van der Waals surface area contributed by atoms with Gasteiger partial charge in [0.25, 0.3) is 0 Å². The summed E-state index contributed by atoms with van der Waals surface area (Å²) in [6, 6.07) is 18.6. The van der Waals surface area contributed by atoms with Gasteiger partial charge in [-0.1, -0.05) is 54.6 Å². The Morgan fingerprint density at radius 3 is 2.29 bits per heavy atom. The Kier molecular flexibility index (Phi) is 8.33. The summed E-state index contributed by atoms with van der Waals surface area (Å²) in [7, 11) is -1.32. The fourth-order valence-corrected chi connectivity index (χ4v) is 6.15. The van der Waals surface area contributed by atoms with Crippen LogP contribution in [0.4, 0.5) is 0 Å². The van der Waals surface area contributed by atoms with Gasteiger partial charge in [-0.3, -0.25) is 4.79 Å². The molecule has 200 valence electrons. The van der Waals surface area contributed by atoms with E-state index in [1.54, 1.807) is 0 Å². The second kappa shape index (κ2) is 11.7. The van der Waals surface area contributed by atoms with Crippen LogP contribution >= 0.6 is 0 Å². The van der Waals surface area contributed by atoms with E-state index in [0.29, 0.717) is 12.2 Å². The highest BCUT2D eigenvalue weighted by Gasteiger charge is 2.41. The molecular weight excluding hydrogens is 508 g/mol. The van der Waals surface area contributed by atoms with E-state index < -0.39 is 34.0 Å². The van der Waals surface area contributed by atoms with Gasteiger partial charge in [0.15, 0.2) is 11.5 Å². The topological polar surface area (TPSA) is 122 Å². The minimum absolute atomic E-state index is 0.0350. The molecule has 10 heteroatoms. The van der Waals surface area contributed by atoms with Crippen molar-refractivity contribution < 1.29 is 32.6 Å². The van der Waals surface area contributed by atoms with Gasteiger partial charge in [-0.15, -0.1) is 0 Å². The van der Waals surface area contributed by atoms with Crippen LogP contribution < -0.4 is 14.8 Å². The molecule has 0 aliphatic carbocycles. The minimum atomic E-state index is -4.18. The number of amides is 1. The Labute approximate surface area is 222 Å². The number of hydrogen-bond donors (Lipinski definition) is 2. The number of hydrogen-bond acceptors (Lipinski definition) is 6. The lowest BCUT2D eigenvalue weighted by Crippen LogP contribution is -2.55. The summed E-state index contributed by atoms with van der Waals surface area (Å²) in [5.74, 6) is -1.24. The summed E-state index contributed by atoms with van der Waals surface area (Å²) in [4.78, 5) is 25.5. The monoisotopic (exact) mass is 538 g/mol. The number of nitrogens with one attached hydrogen (secondary N) is 1. The van der Waals surface area contributed by atoms with Gasteiger partial charge in [0, 0.05) is 12.6 Å². The molecule has 3 aromatic carbocycles. The third-order valence-electron chi connectivity index (χ3n) is 6.65. The largest absolute Gasteiger partial charge is 0.493 e. The molecule has 1 heterocycles. The molecule has 0 radical (unpaired) electrons. The third kappa shape index (κ3) is 5.81. The van der Waals surface area contributed by atoms with Crippen LogP contribution in [-0.2, 0) is 39.0 Å². The molecule has 0 bridgehead atoms. The minimum Gasteiger partial charge on any atom is -0.493 e. The Morgan fingerprint density at radius 2 is 1.63 bits per heavy atom. The maximum Gasteiger partial charge on any atom is 0.326 e. The van der Waals surface area contributed by atoms with Crippen molar-refractivity contribution in [2.45, 2.75) is 42.8 Å². The molecule has 0 aromatic heterocycles. The molecule has 0 saturated carbocycles. The van der Waals surface area contributed by atoms with E-state index in [9.17, 15) is 23.1 Å². The van der Waals surface area contributed by atoms with Gasteiger partial charge in [0.2, 0.25) is 15.9 Å². The first-order valence-corrected chi connectivity index (χ1v) is 13.6. The summed E-state index contributed by atoms with van der Waals surface area (Å²) < 4.78 is 39.3. The zero-order valence-electron chi connectivity index (χ0n) is 21.2. The molecule has 2 N–H and O–H groups in total. The molecule has 9 nitrogen and oxygen atoms in total. The maximum absolute atomic E-state index is 13.8. The van der Waals surface area contributed by atoms with E-state index in [1.807, 2.05) is 54.6 Å². The summed E-state index contributed by atoms with van der Waals surface area (Å²) >= 11 is 0. The van der Waals surface area contributed by atoms with E-state index in [4.69, 9.17) is 9.47 Å². The van der Waals surface area contributed by atoms with Crippen molar-refractivity contribution in [3.8, 4) is 11.5 Å². The predicted molar refractivity (Wildman–Crippen MR) is 141 cm³/mol. The van der Waals surface area contributed by atoms with Gasteiger partial charge < -0.3 is 19.9 Å². The summed E-state index contributed by atoms with van der Waals surface area (Å²) in [5.41, 5.74) is 2.55. The molecule has 0 fully saturated rings. The number of ether oxygens (including phenoxy) is 2. The second-order valence-corrected chi connectivity index (χ2v) is 10.9. The Bertz CT molecular complexity index is 1410. The van der Waals surface area contributed by atoms with E-state index in [0.717, 1.165) is 21.0 Å². The first kappa shape index (κ1) is 27.2. The number of aliphatic carboxylic acids is 1. The van der Waals surface area contributed by atoms with E-state index in [-0.39, 0.29) is 30.0 Å². The standard InChI is InChI=1S/C28H30N2O7S/c1-36-25-15-13-22(17-26(25)37-2)38(34,35)30-18-21-11-7-6-10-20(21)16-24(30)27(31)29-23(28(32)33)14-12-19-8-4-3-5-9-19/h3-11,13,15,17,23-24H,12,14,16,18H2,1-2H3,(H,29,31)(H,32,33). The maximum atomic E-state index is 13.8. The van der Waals surface area contributed by atoms with Crippen LogP contribution in [0.3, 0.4) is 0 Å². The zero-order chi connectivity index (χ0) is 27.3. The smallest absolute Gasteiger partial charge is 0.326 e. The van der Waals surface area contributed by atoms with Gasteiger partial charge in [0.1, 0.15) is 12.1 Å². The average molecular weight is 539 g/mol. The quantitative estimate of drug-likeness (QED) is 0.407. The fourth-order valence-electron chi connectivity index (χ4n) is 4.57. The molecule has 2 unspecified atom stereocenters. The molecule has 1 aliphatic heterocycles. The number of carbonyl (C=O) groups is 2. The lowest BCUT2D eigenvalue weighted by molar-refractivity contribution is -0.142. The van der Waals surface area contributed by atoms with Crippen LogP contribution in [0.1, 0.15) is 23.1 Å². The Morgan fingerprint density at radius 1 is 0.974 bits per heavy atom. The van der Waals surface area contributed by atoms with E-state index >= 15 is 0 Å². The number of fused-ring (bicyclic) bond motifs is 1. The van der Waals surface area contributed by atoms with Crippen molar-refractivity contribution >= 4 is 21.9 Å². The molecule has 0 saturated heterocycles. The lowest BCUT2D eigenvalue weighted by Gasteiger charge is -2.35. The number of sulfonamides is 1. The van der Waals surface area contributed by atoms with Crippen LogP contribution in [-0.4, -0.2) is 56.0 Å². The average Bonchev–Trinajstić information content (AvgIpc) is 2.94. The van der Waals surface area contributed by atoms with Gasteiger partial charge in [-0.25, -0.2) is 13.2 Å². The second-order valence-electron chi connectivity index (χ2n) is 8.98. The number of benzene rings is 3. The third-order valence-corrected chi connectivity index (χ3v) is 8.50. The van der Waals surface area contributed by atoms with Gasteiger partial charge in [0.05, 0.1) is 19.1 Å². The molecular formula is C28H30N2O7S. The van der Waals surface area contributed by atoms with Crippen LogP contribution in [0.2, 0.25) is 0 Å². The fraction of sp³-hybridized carbons (Fsp3) is 0.286. The summed E-state index contributed by atoms with van der Waals surface area (Å²) in [6.45, 7) is -0.0350. The number of rotatable bonds is 10. The molecule has 3 aromatic rings. The summed E-state index contributed by atoms with van der Waals surface area (Å²) in [5, 5.41) is 12.4. The van der Waals surface area contributed by atoms with Crippen molar-refractivity contribution in [2.24, 2.45) is 0 Å². The summed E-state index contributed by atoms with van der Waals surface area (Å²) in [6.07, 6.45) is 0.718. The van der Waals surface area contributed by atoms with Gasteiger partial charge in [-0.2, -0.15) is 4.31 Å². The molecule has 0 spiro atoms. The molecule has 2 atom stereocenters. The van der Waals surface area contributed by atoms with E-state index in [2.05, 4.69) is 5.32 Å². The van der Waals surface area contributed by atoms with Crippen LogP contribution in [0, 0.1) is 0 Å². The van der Waals surface area contributed by atoms with Crippen LogP contribution in [0.15, 0.2) is 77.7 Å². The van der Waals surface area contributed by atoms with Crippen LogP contribution in [0.5, 0.6) is 11.5 Å². The molecule has 4 rings (SSSR count). The number of carboxylic acids is 1. The number of methoxy groups -OCH3 is 2. The molecule has 1 amide bonds. The lowest BCUT2D eigenvalue weighted by atomic mass is 9.95. The van der Waals surface area contributed by atoms with Crippen molar-refractivity contribution in [1.82, 2.24) is 9.62 Å². The number of carbonyl (C=O) groups excluding carboxylic acids is 1. The van der Waals surface area contributed by atoms with Crippen LogP contribution in [0.25, 0.3) is 0 Å². The van der Waals surface area contributed by atoms with Gasteiger partial charge >= 0.3 is 5.97 Å². The van der Waals surface area contributed by atoms with Crippen molar-refractivity contribution in [3.05, 3.63) is 89.5 Å². The highest BCUT2D eigenvalue weighted by Crippen LogP contribution is 2.34. The Balaban J connectivity index is 1.64. The van der Waals surface area contributed by atoms with Crippen molar-refractivity contribution in [3.63, 3.8) is 0 Å². The molecule has 1 aliphatic rings. The number of aryl methyl sites for hydroxylation is 1. The number of carboxylic acid groups (broad SMARTS) is 1. The Hall–Kier alpha value is -3.89. The normalized spacial score (nSPS) is 16.2. The highest BCUT2D eigenvalue weighted by atomic mass is 32.2. The van der Waals surface area contributed by atoms with Crippen molar-refractivity contribution in [1.29, 1.82) is 0 Å². The first-order valence-electron chi connectivity index (χ1n) is 12.1. The molecule has 38 heavy (non-hydrogen) atoms. The SMILES string of the molecule is COc1ccc(S(=O)(=O)N2Cc3ccccc3CC2C(=O)NC(CCc2ccccc2)C(=O)O)cc1OC.